The minimum Gasteiger partial charge on any atom is -0.354 e. The lowest BCUT2D eigenvalue weighted by molar-refractivity contribution is 1.35. The Morgan fingerprint density at radius 2 is 1.87 bits per heavy atom. The van der Waals surface area contributed by atoms with Crippen LogP contribution in [0, 0.1) is 19.9 Å². The third-order valence-corrected chi connectivity index (χ3v) is 3.01. The largest absolute Gasteiger partial charge is 0.354 e. The van der Waals surface area contributed by atoms with Gasteiger partial charge in [-0.2, -0.15) is 0 Å². The van der Waals surface area contributed by atoms with Gasteiger partial charge in [-0.15, -0.1) is 0 Å². The second-order valence-electron chi connectivity index (χ2n) is 4.04. The molecule has 0 aliphatic heterocycles. The molecule has 0 unspecified atom stereocenters. The van der Waals surface area contributed by atoms with E-state index in [1.807, 2.05) is 0 Å². The van der Waals surface area contributed by atoms with Crippen LogP contribution in [0.4, 0.5) is 0 Å². The Kier molecular flexibility index (Phi) is 1.63. The van der Waals surface area contributed by atoms with E-state index in [-0.39, 0.29) is 0 Å². The number of benzene rings is 2. The van der Waals surface area contributed by atoms with Crippen LogP contribution < -0.4 is 0 Å². The predicted octanol–water partition coefficient (Wildman–Crippen LogP) is 3.74. The third-order valence-electron chi connectivity index (χ3n) is 3.01. The van der Waals surface area contributed by atoms with Gasteiger partial charge in [-0.1, -0.05) is 18.2 Å². The molecule has 1 heterocycles. The molecular weight excluding hydrogens is 182 g/mol. The third kappa shape index (κ3) is 1.16. The van der Waals surface area contributed by atoms with E-state index in [1.54, 1.807) is 0 Å². The number of aryl methyl sites for hydroxylation is 2. The summed E-state index contributed by atoms with van der Waals surface area (Å²) in [5.41, 5.74) is 4.81. The van der Waals surface area contributed by atoms with Crippen LogP contribution in [0.25, 0.3) is 21.8 Å². The topological polar surface area (TPSA) is 15.8 Å². The van der Waals surface area contributed by atoms with Gasteiger partial charge < -0.3 is 4.98 Å². The van der Waals surface area contributed by atoms with Crippen molar-refractivity contribution in [2.75, 3.05) is 0 Å². The van der Waals surface area contributed by atoms with E-state index in [1.165, 1.54) is 27.4 Å². The summed E-state index contributed by atoms with van der Waals surface area (Å²) in [4.78, 5) is 3.39. The Morgan fingerprint density at radius 3 is 2.73 bits per heavy atom. The number of hydrogen-bond acceptors (Lipinski definition) is 0. The number of aromatic amines is 1. The highest BCUT2D eigenvalue weighted by Gasteiger charge is 2.04. The Labute approximate surface area is 88.7 Å². The van der Waals surface area contributed by atoms with Gasteiger partial charge in [0.2, 0.25) is 0 Å². The van der Waals surface area contributed by atoms with Gasteiger partial charge >= 0.3 is 0 Å². The Bertz CT molecular complexity index is 647. The number of hydrogen-bond donors (Lipinski definition) is 1. The van der Waals surface area contributed by atoms with Crippen molar-refractivity contribution in [3.05, 3.63) is 47.5 Å². The Morgan fingerprint density at radius 1 is 1.07 bits per heavy atom. The van der Waals surface area contributed by atoms with E-state index in [0.717, 1.165) is 5.52 Å². The molecule has 1 heteroatoms. The van der Waals surface area contributed by atoms with Crippen LogP contribution in [0.3, 0.4) is 0 Å². The van der Waals surface area contributed by atoms with Gasteiger partial charge in [0.25, 0.3) is 0 Å². The molecule has 0 spiro atoms. The van der Waals surface area contributed by atoms with Crippen LogP contribution in [0.5, 0.6) is 0 Å². The van der Waals surface area contributed by atoms with Gasteiger partial charge in [0.05, 0.1) is 5.52 Å². The summed E-state index contributed by atoms with van der Waals surface area (Å²) in [5.74, 6) is 0. The highest BCUT2D eigenvalue weighted by Crippen LogP contribution is 2.26. The first-order valence-corrected chi connectivity index (χ1v) is 5.15. The normalized spacial score (nSPS) is 11.3. The van der Waals surface area contributed by atoms with Crippen LogP contribution >= 0.6 is 0 Å². The minimum absolute atomic E-state index is 1.11. The van der Waals surface area contributed by atoms with Gasteiger partial charge in [-0.25, -0.2) is 0 Å². The minimum atomic E-state index is 1.11. The maximum absolute atomic E-state index is 3.39. The molecule has 1 aromatic heterocycles. The van der Waals surface area contributed by atoms with Crippen LogP contribution in [0.1, 0.15) is 11.1 Å². The van der Waals surface area contributed by atoms with Crippen molar-refractivity contribution in [3.63, 3.8) is 0 Å². The molecule has 15 heavy (non-hydrogen) atoms. The fourth-order valence-corrected chi connectivity index (χ4v) is 2.02. The summed E-state index contributed by atoms with van der Waals surface area (Å²) in [7, 11) is 0. The standard InChI is InChI=1S/C14H12N/c1-9-7-12-11-5-3-4-6-13(11)15-14(12)8-10(9)2/h3-7,15H,1-2H3. The van der Waals surface area contributed by atoms with Gasteiger partial charge in [0, 0.05) is 22.4 Å². The molecule has 0 saturated heterocycles. The zero-order chi connectivity index (χ0) is 10.4. The van der Waals surface area contributed by atoms with Crippen molar-refractivity contribution in [1.82, 2.24) is 4.98 Å². The lowest BCUT2D eigenvalue weighted by atomic mass is 10.1. The molecule has 3 rings (SSSR count). The molecule has 1 radical (unpaired) electrons. The molecule has 0 atom stereocenters. The SMILES string of the molecule is Cc1[c]c2[nH]c3ccccc3c2cc1C. The second kappa shape index (κ2) is 2.86. The second-order valence-corrected chi connectivity index (χ2v) is 4.04. The summed E-state index contributed by atoms with van der Waals surface area (Å²) in [6, 6.07) is 14.0. The molecule has 0 bridgehead atoms. The predicted molar refractivity (Wildman–Crippen MR) is 64.1 cm³/mol. The molecule has 1 N–H and O–H groups in total. The first-order chi connectivity index (χ1) is 7.25. The maximum Gasteiger partial charge on any atom is 0.0548 e. The highest BCUT2D eigenvalue weighted by molar-refractivity contribution is 6.07. The number of rotatable bonds is 0. The molecule has 1 nitrogen and oxygen atoms in total. The molecule has 0 aliphatic rings. The molecule has 2 aromatic carbocycles. The summed E-state index contributed by atoms with van der Waals surface area (Å²) in [6.45, 7) is 4.23. The monoisotopic (exact) mass is 194 g/mol. The quantitative estimate of drug-likeness (QED) is 0.561. The highest BCUT2D eigenvalue weighted by atomic mass is 14.7. The average molecular weight is 194 g/mol. The van der Waals surface area contributed by atoms with Crippen LogP contribution in [0.2, 0.25) is 0 Å². The van der Waals surface area contributed by atoms with Crippen LogP contribution in [-0.4, -0.2) is 4.98 Å². The summed E-state index contributed by atoms with van der Waals surface area (Å²) in [6.07, 6.45) is 0. The smallest absolute Gasteiger partial charge is 0.0548 e. The van der Waals surface area contributed by atoms with Crippen molar-refractivity contribution in [1.29, 1.82) is 0 Å². The number of H-pyrrole nitrogens is 1. The average Bonchev–Trinajstić information content (AvgIpc) is 2.57. The van der Waals surface area contributed by atoms with E-state index in [2.05, 4.69) is 55.2 Å². The zero-order valence-electron chi connectivity index (χ0n) is 8.89. The molecular formula is C14H12N. The van der Waals surface area contributed by atoms with Crippen LogP contribution in [-0.2, 0) is 0 Å². The van der Waals surface area contributed by atoms with E-state index in [0.29, 0.717) is 0 Å². The van der Waals surface area contributed by atoms with E-state index in [4.69, 9.17) is 0 Å². The lowest BCUT2D eigenvalue weighted by Crippen LogP contribution is -1.80. The summed E-state index contributed by atoms with van der Waals surface area (Å²) < 4.78 is 0. The molecule has 0 saturated carbocycles. The molecule has 0 fully saturated rings. The fourth-order valence-electron chi connectivity index (χ4n) is 2.02. The zero-order valence-corrected chi connectivity index (χ0v) is 8.89. The van der Waals surface area contributed by atoms with Gasteiger partial charge in [0.1, 0.15) is 0 Å². The number of aromatic nitrogens is 1. The molecule has 3 aromatic rings. The van der Waals surface area contributed by atoms with E-state index < -0.39 is 0 Å². The molecule has 0 amide bonds. The van der Waals surface area contributed by atoms with Crippen molar-refractivity contribution < 1.29 is 0 Å². The number of fused-ring (bicyclic) bond motifs is 3. The van der Waals surface area contributed by atoms with E-state index >= 15 is 0 Å². The summed E-state index contributed by atoms with van der Waals surface area (Å²) in [5, 5.41) is 2.56. The summed E-state index contributed by atoms with van der Waals surface area (Å²) >= 11 is 0. The Balaban J connectivity index is 2.56. The van der Waals surface area contributed by atoms with Crippen molar-refractivity contribution >= 4 is 21.8 Å². The molecule has 0 aliphatic carbocycles. The van der Waals surface area contributed by atoms with Crippen molar-refractivity contribution in [2.24, 2.45) is 0 Å². The maximum atomic E-state index is 3.39. The number of nitrogens with one attached hydrogen (secondary N) is 1. The first-order valence-electron chi connectivity index (χ1n) is 5.15. The van der Waals surface area contributed by atoms with Crippen molar-refractivity contribution in [2.45, 2.75) is 13.8 Å². The number of para-hydroxylation sites is 1. The lowest BCUT2D eigenvalue weighted by Gasteiger charge is -1.98. The first kappa shape index (κ1) is 8.54. The van der Waals surface area contributed by atoms with E-state index in [9.17, 15) is 0 Å². The van der Waals surface area contributed by atoms with Crippen molar-refractivity contribution in [3.8, 4) is 0 Å². The molecule has 73 valence electrons. The van der Waals surface area contributed by atoms with Gasteiger partial charge in [-0.3, -0.25) is 0 Å². The Hall–Kier alpha value is -1.76. The fraction of sp³-hybridized carbons (Fsp3) is 0.143. The van der Waals surface area contributed by atoms with Gasteiger partial charge in [-0.05, 0) is 37.1 Å². The van der Waals surface area contributed by atoms with Crippen LogP contribution in [0.15, 0.2) is 30.3 Å². The van der Waals surface area contributed by atoms with Gasteiger partial charge in [0.15, 0.2) is 0 Å².